The molecule has 2 heteroatoms. The summed E-state index contributed by atoms with van der Waals surface area (Å²) in [5.41, 5.74) is 1.54. The average Bonchev–Trinajstić information content (AvgIpc) is 2.71. The molecule has 0 atom stereocenters. The van der Waals surface area contributed by atoms with Crippen molar-refractivity contribution in [1.29, 1.82) is 0 Å². The van der Waals surface area contributed by atoms with Crippen molar-refractivity contribution in [2.75, 3.05) is 0 Å². The van der Waals surface area contributed by atoms with Gasteiger partial charge in [0, 0.05) is 12.0 Å². The molecule has 0 fully saturated rings. The third-order valence-electron chi connectivity index (χ3n) is 4.72. The summed E-state index contributed by atoms with van der Waals surface area (Å²) in [4.78, 5) is 24.8. The van der Waals surface area contributed by atoms with Crippen LogP contribution in [0.15, 0.2) is 84.9 Å². The van der Waals surface area contributed by atoms with Crippen LogP contribution >= 0.6 is 0 Å². The molecule has 0 heterocycles. The lowest BCUT2D eigenvalue weighted by Crippen LogP contribution is -2.14. The Hall–Kier alpha value is -3.26. The molecule has 0 aliphatic heterocycles. The third kappa shape index (κ3) is 3.27. The molecule has 0 aromatic heterocycles. The lowest BCUT2D eigenvalue weighted by atomic mass is 9.98. The Morgan fingerprint density at radius 1 is 0.615 bits per heavy atom. The van der Waals surface area contributed by atoms with Gasteiger partial charge in [-0.25, -0.2) is 0 Å². The van der Waals surface area contributed by atoms with E-state index < -0.39 is 5.78 Å². The van der Waals surface area contributed by atoms with Gasteiger partial charge in [0.2, 0.25) is 11.6 Å². The summed E-state index contributed by atoms with van der Waals surface area (Å²) < 4.78 is 0. The average molecular weight is 338 g/mol. The van der Waals surface area contributed by atoms with E-state index in [4.69, 9.17) is 0 Å². The van der Waals surface area contributed by atoms with Gasteiger partial charge in [0.15, 0.2) is 0 Å². The quantitative estimate of drug-likeness (QED) is 0.362. The molecular weight excluding hydrogens is 320 g/mol. The highest BCUT2D eigenvalue weighted by Crippen LogP contribution is 2.19. The zero-order valence-corrected chi connectivity index (χ0v) is 14.3. The smallest absolute Gasteiger partial charge is 0.228 e. The Kier molecular flexibility index (Phi) is 4.32. The normalized spacial score (nSPS) is 10.9. The molecule has 0 saturated carbocycles. The van der Waals surface area contributed by atoms with Crippen molar-refractivity contribution >= 4 is 33.1 Å². The van der Waals surface area contributed by atoms with Crippen LogP contribution in [0.3, 0.4) is 0 Å². The van der Waals surface area contributed by atoms with Crippen molar-refractivity contribution in [3.05, 3.63) is 96.1 Å². The van der Waals surface area contributed by atoms with Gasteiger partial charge in [0.1, 0.15) is 0 Å². The number of rotatable bonds is 5. The van der Waals surface area contributed by atoms with Crippen LogP contribution in [0.1, 0.15) is 22.3 Å². The molecule has 0 radical (unpaired) electrons. The zero-order valence-electron chi connectivity index (χ0n) is 14.3. The Morgan fingerprint density at radius 2 is 1.19 bits per heavy atom. The molecule has 0 spiro atoms. The number of carbonyl (C=O) groups excluding carboxylic acids is 2. The van der Waals surface area contributed by atoms with E-state index in [2.05, 4.69) is 24.3 Å². The van der Waals surface area contributed by atoms with Gasteiger partial charge in [-0.1, -0.05) is 78.9 Å². The first-order valence-electron chi connectivity index (χ1n) is 8.75. The maximum absolute atomic E-state index is 12.5. The Morgan fingerprint density at radius 3 is 1.88 bits per heavy atom. The van der Waals surface area contributed by atoms with Gasteiger partial charge in [-0.2, -0.15) is 0 Å². The molecule has 0 aliphatic carbocycles. The zero-order chi connectivity index (χ0) is 17.9. The summed E-state index contributed by atoms with van der Waals surface area (Å²) in [6.07, 6.45) is 0.799. The van der Waals surface area contributed by atoms with Crippen molar-refractivity contribution in [1.82, 2.24) is 0 Å². The maximum atomic E-state index is 12.5. The summed E-state index contributed by atoms with van der Waals surface area (Å²) in [5, 5.41) is 4.36. The minimum absolute atomic E-state index is 0.226. The van der Waals surface area contributed by atoms with Crippen LogP contribution < -0.4 is 0 Å². The molecule has 126 valence electrons. The fourth-order valence-electron chi connectivity index (χ4n) is 3.26. The Balaban J connectivity index is 1.48. The van der Waals surface area contributed by atoms with Crippen molar-refractivity contribution in [3.8, 4) is 0 Å². The van der Waals surface area contributed by atoms with Gasteiger partial charge in [0.05, 0.1) is 0 Å². The van der Waals surface area contributed by atoms with E-state index in [0.29, 0.717) is 12.0 Å². The van der Waals surface area contributed by atoms with Gasteiger partial charge in [0.25, 0.3) is 0 Å². The minimum atomic E-state index is -0.406. The monoisotopic (exact) mass is 338 g/mol. The lowest BCUT2D eigenvalue weighted by molar-refractivity contribution is -0.115. The first kappa shape index (κ1) is 16.2. The summed E-state index contributed by atoms with van der Waals surface area (Å²) in [6, 6.07) is 27.5. The SMILES string of the molecule is O=C(CCc1ccc2ccccc2c1)C(=O)c1ccc2ccccc2c1. The lowest BCUT2D eigenvalue weighted by Gasteiger charge is -2.05. The highest BCUT2D eigenvalue weighted by molar-refractivity contribution is 6.44. The van der Waals surface area contributed by atoms with Crippen LogP contribution in [-0.2, 0) is 11.2 Å². The summed E-state index contributed by atoms with van der Waals surface area (Å²) >= 11 is 0. The van der Waals surface area contributed by atoms with Crippen molar-refractivity contribution in [3.63, 3.8) is 0 Å². The second-order valence-corrected chi connectivity index (χ2v) is 6.50. The molecule has 0 N–H and O–H groups in total. The molecule has 0 saturated heterocycles. The number of ketones is 2. The van der Waals surface area contributed by atoms with Crippen molar-refractivity contribution in [2.45, 2.75) is 12.8 Å². The van der Waals surface area contributed by atoms with E-state index in [1.54, 1.807) is 12.1 Å². The number of aryl methyl sites for hydroxylation is 1. The number of carbonyl (C=O) groups is 2. The topological polar surface area (TPSA) is 34.1 Å². The van der Waals surface area contributed by atoms with E-state index in [1.165, 1.54) is 5.39 Å². The molecule has 0 aliphatic rings. The van der Waals surface area contributed by atoms with Gasteiger partial charge in [-0.05, 0) is 39.6 Å². The fraction of sp³-hybridized carbons (Fsp3) is 0.0833. The molecular formula is C24H18O2. The summed E-state index contributed by atoms with van der Waals surface area (Å²) in [7, 11) is 0. The second-order valence-electron chi connectivity index (χ2n) is 6.50. The van der Waals surface area contributed by atoms with E-state index in [0.717, 1.165) is 21.7 Å². The number of fused-ring (bicyclic) bond motifs is 2. The standard InChI is InChI=1S/C24H18O2/c25-23(14-10-17-9-11-18-5-1-3-7-20(18)15-17)24(26)22-13-12-19-6-2-4-8-21(19)16-22/h1-9,11-13,15-16H,10,14H2. The molecule has 0 bridgehead atoms. The second kappa shape index (κ2) is 6.93. The third-order valence-corrected chi connectivity index (χ3v) is 4.72. The molecule has 0 amide bonds. The van der Waals surface area contributed by atoms with Crippen LogP contribution in [-0.4, -0.2) is 11.6 Å². The van der Waals surface area contributed by atoms with Gasteiger partial charge < -0.3 is 0 Å². The Bertz CT molecular complexity index is 1130. The molecule has 4 aromatic carbocycles. The molecule has 26 heavy (non-hydrogen) atoms. The summed E-state index contributed by atoms with van der Waals surface area (Å²) in [6.45, 7) is 0. The van der Waals surface area contributed by atoms with Crippen molar-refractivity contribution in [2.24, 2.45) is 0 Å². The van der Waals surface area contributed by atoms with E-state index in [9.17, 15) is 9.59 Å². The maximum Gasteiger partial charge on any atom is 0.228 e. The van der Waals surface area contributed by atoms with E-state index >= 15 is 0 Å². The highest BCUT2D eigenvalue weighted by atomic mass is 16.2. The van der Waals surface area contributed by atoms with E-state index in [-0.39, 0.29) is 12.2 Å². The van der Waals surface area contributed by atoms with Gasteiger partial charge in [-0.15, -0.1) is 0 Å². The predicted molar refractivity (Wildman–Crippen MR) is 106 cm³/mol. The van der Waals surface area contributed by atoms with Gasteiger partial charge >= 0.3 is 0 Å². The van der Waals surface area contributed by atoms with E-state index in [1.807, 2.05) is 48.5 Å². The Labute approximate surface area is 152 Å². The molecule has 4 rings (SSSR count). The largest absolute Gasteiger partial charge is 0.290 e. The first-order chi connectivity index (χ1) is 12.7. The van der Waals surface area contributed by atoms with Crippen LogP contribution in [0.25, 0.3) is 21.5 Å². The van der Waals surface area contributed by atoms with Crippen LogP contribution in [0.2, 0.25) is 0 Å². The van der Waals surface area contributed by atoms with Crippen LogP contribution in [0.5, 0.6) is 0 Å². The van der Waals surface area contributed by atoms with Crippen LogP contribution in [0.4, 0.5) is 0 Å². The predicted octanol–water partition coefficient (Wildman–Crippen LogP) is 5.38. The molecule has 4 aromatic rings. The number of benzene rings is 4. The van der Waals surface area contributed by atoms with Crippen LogP contribution in [0, 0.1) is 0 Å². The summed E-state index contributed by atoms with van der Waals surface area (Å²) in [5.74, 6) is -0.745. The highest BCUT2D eigenvalue weighted by Gasteiger charge is 2.16. The number of hydrogen-bond donors (Lipinski definition) is 0. The minimum Gasteiger partial charge on any atom is -0.290 e. The first-order valence-corrected chi connectivity index (χ1v) is 8.75. The fourth-order valence-corrected chi connectivity index (χ4v) is 3.26. The number of Topliss-reactive ketones (excluding diaryl/α,β-unsaturated/α-hetero) is 2. The van der Waals surface area contributed by atoms with Crippen molar-refractivity contribution < 1.29 is 9.59 Å². The number of hydrogen-bond acceptors (Lipinski definition) is 2. The molecule has 0 unspecified atom stereocenters. The van der Waals surface area contributed by atoms with Gasteiger partial charge in [-0.3, -0.25) is 9.59 Å². The molecule has 2 nitrogen and oxygen atoms in total.